The minimum atomic E-state index is -3.77. The highest BCUT2D eigenvalue weighted by Crippen LogP contribution is 2.34. The first-order valence-corrected chi connectivity index (χ1v) is 17.5. The molecule has 0 unspecified atom stereocenters. The number of aromatic nitrogens is 3. The molecule has 11 nitrogen and oxygen atoms in total. The Balaban J connectivity index is 1.24. The zero-order valence-electron chi connectivity index (χ0n) is 27.0. The molecule has 48 heavy (non-hydrogen) atoms. The fraction of sp³-hybridized carbons (Fsp3) is 0.286. The molecule has 3 aromatic carbocycles. The molecule has 1 fully saturated rings. The van der Waals surface area contributed by atoms with Crippen molar-refractivity contribution in [2.24, 2.45) is 0 Å². The number of ether oxygens (including phenoxy) is 1. The molecule has 6 rings (SSSR count). The maximum Gasteiger partial charge on any atom is 0.244 e. The molecule has 2 aromatic heterocycles. The average Bonchev–Trinajstić information content (AvgIpc) is 3.50. The van der Waals surface area contributed by atoms with Gasteiger partial charge in [-0.3, -0.25) is 9.69 Å². The molecule has 0 radical (unpaired) electrons. The van der Waals surface area contributed by atoms with Gasteiger partial charge in [-0.15, -0.1) is 0 Å². The molecule has 1 aliphatic rings. The number of piperazine rings is 1. The van der Waals surface area contributed by atoms with Gasteiger partial charge in [0.25, 0.3) is 0 Å². The fourth-order valence-corrected chi connectivity index (χ4v) is 6.56. The number of nitrogens with one attached hydrogen (secondary N) is 3. The number of H-pyrrole nitrogens is 1. The van der Waals surface area contributed by atoms with E-state index in [0.717, 1.165) is 60.0 Å². The average molecular weight is 672 g/mol. The third-order valence-corrected chi connectivity index (χ3v) is 9.59. The Hall–Kier alpha value is -4.69. The number of anilines is 3. The normalized spacial score (nSPS) is 15.0. The highest BCUT2D eigenvalue weighted by atomic mass is 32.2. The highest BCUT2D eigenvalue weighted by molar-refractivity contribution is 7.90. The lowest BCUT2D eigenvalue weighted by atomic mass is 10.1. The number of hydrogen-bond acceptors (Lipinski definition) is 9. The first-order chi connectivity index (χ1) is 23.1. The Morgan fingerprint density at radius 3 is 2.50 bits per heavy atom. The highest BCUT2D eigenvalue weighted by Gasteiger charge is 2.29. The van der Waals surface area contributed by atoms with Crippen molar-refractivity contribution in [1.82, 2.24) is 24.8 Å². The van der Waals surface area contributed by atoms with Crippen LogP contribution in [0.25, 0.3) is 22.2 Å². The van der Waals surface area contributed by atoms with Crippen LogP contribution in [0, 0.1) is 12.7 Å². The first-order valence-electron chi connectivity index (χ1n) is 15.6. The number of halogens is 1. The number of hydrogen-bond donors (Lipinski definition) is 3. The summed E-state index contributed by atoms with van der Waals surface area (Å²) in [4.78, 5) is 30.2. The van der Waals surface area contributed by atoms with E-state index >= 15 is 4.39 Å². The van der Waals surface area contributed by atoms with Crippen LogP contribution in [-0.4, -0.2) is 91.2 Å². The van der Waals surface area contributed by atoms with Gasteiger partial charge in [-0.2, -0.15) is 0 Å². The van der Waals surface area contributed by atoms with Crippen molar-refractivity contribution in [3.05, 3.63) is 96.1 Å². The van der Waals surface area contributed by atoms with Crippen molar-refractivity contribution in [2.45, 2.75) is 24.5 Å². The summed E-state index contributed by atoms with van der Waals surface area (Å²) < 4.78 is 45.2. The lowest BCUT2D eigenvalue weighted by Gasteiger charge is -2.37. The number of para-hydroxylation sites is 1. The lowest BCUT2D eigenvalue weighted by Crippen LogP contribution is -2.54. The van der Waals surface area contributed by atoms with E-state index in [1.807, 2.05) is 61.7 Å². The first kappa shape index (κ1) is 33.2. The van der Waals surface area contributed by atoms with Crippen LogP contribution in [0.4, 0.5) is 21.7 Å². The second-order valence-corrected chi connectivity index (χ2v) is 14.0. The lowest BCUT2D eigenvalue weighted by molar-refractivity contribution is -0.124. The van der Waals surface area contributed by atoms with Crippen LogP contribution in [0.5, 0.6) is 0 Å². The topological polar surface area (TPSA) is 133 Å². The number of fused-ring (bicyclic) bond motifs is 1. The summed E-state index contributed by atoms with van der Waals surface area (Å²) in [6.45, 7) is 5.77. The molecule has 1 aliphatic heterocycles. The molecule has 0 saturated carbocycles. The number of benzene rings is 3. The molecule has 1 amide bonds. The Morgan fingerprint density at radius 2 is 1.75 bits per heavy atom. The second-order valence-electron chi connectivity index (χ2n) is 12.0. The van der Waals surface area contributed by atoms with Gasteiger partial charge in [0, 0.05) is 55.8 Å². The summed E-state index contributed by atoms with van der Waals surface area (Å²) in [5.41, 5.74) is 4.46. The molecule has 13 heteroatoms. The quantitative estimate of drug-likeness (QED) is 0.178. The third kappa shape index (κ3) is 7.39. The molecule has 0 bridgehead atoms. The number of nitrogens with zero attached hydrogens (tertiary/aromatic N) is 4. The van der Waals surface area contributed by atoms with Crippen molar-refractivity contribution >= 4 is 44.0 Å². The molecule has 0 spiro atoms. The molecule has 3 N–H and O–H groups in total. The Labute approximate surface area is 279 Å². The Kier molecular flexibility index (Phi) is 9.83. The van der Waals surface area contributed by atoms with E-state index in [1.54, 1.807) is 6.20 Å². The predicted molar refractivity (Wildman–Crippen MR) is 184 cm³/mol. The number of rotatable bonds is 11. The van der Waals surface area contributed by atoms with Gasteiger partial charge in [0.2, 0.25) is 11.9 Å². The smallest absolute Gasteiger partial charge is 0.244 e. The van der Waals surface area contributed by atoms with Crippen LogP contribution in [0.2, 0.25) is 0 Å². The van der Waals surface area contributed by atoms with Crippen molar-refractivity contribution in [1.29, 1.82) is 0 Å². The number of sulfone groups is 1. The van der Waals surface area contributed by atoms with Gasteiger partial charge in [-0.05, 0) is 43.3 Å². The second kappa shape index (κ2) is 14.2. The van der Waals surface area contributed by atoms with E-state index in [4.69, 9.17) is 4.74 Å². The van der Waals surface area contributed by atoms with Crippen LogP contribution in [-0.2, 0) is 26.0 Å². The minimum Gasteiger partial charge on any atom is -0.375 e. The molecular weight excluding hydrogens is 633 g/mol. The number of carbonyl (C=O) groups excluding carboxylic acids is 1. The van der Waals surface area contributed by atoms with E-state index in [9.17, 15) is 13.2 Å². The summed E-state index contributed by atoms with van der Waals surface area (Å²) in [5.74, 6) is -0.956. The van der Waals surface area contributed by atoms with Crippen molar-refractivity contribution < 1.29 is 22.3 Å². The maximum absolute atomic E-state index is 15.1. The predicted octanol–water partition coefficient (Wildman–Crippen LogP) is 4.99. The molecule has 3 heterocycles. The summed E-state index contributed by atoms with van der Waals surface area (Å²) in [7, 11) is -1.69. The van der Waals surface area contributed by atoms with Crippen LogP contribution >= 0.6 is 0 Å². The van der Waals surface area contributed by atoms with Crippen molar-refractivity contribution in [3.8, 4) is 11.3 Å². The Bertz CT molecular complexity index is 2030. The third-order valence-electron chi connectivity index (χ3n) is 8.48. The fourth-order valence-electron chi connectivity index (χ4n) is 5.80. The monoisotopic (exact) mass is 671 g/mol. The number of carbonyl (C=O) groups is 1. The molecule has 250 valence electrons. The van der Waals surface area contributed by atoms with Gasteiger partial charge in [0.05, 0.1) is 35.8 Å². The maximum atomic E-state index is 15.1. The van der Waals surface area contributed by atoms with Crippen LogP contribution in [0.1, 0.15) is 11.1 Å². The van der Waals surface area contributed by atoms with E-state index in [2.05, 4.69) is 42.4 Å². The van der Waals surface area contributed by atoms with Gasteiger partial charge in [-0.1, -0.05) is 48.5 Å². The summed E-state index contributed by atoms with van der Waals surface area (Å²) in [6, 6.07) is 19.2. The van der Waals surface area contributed by atoms with Crippen LogP contribution in [0.3, 0.4) is 0 Å². The summed E-state index contributed by atoms with van der Waals surface area (Å²) in [5, 5.41) is 6.79. The number of likely N-dealkylation sites (N-methyl/N-ethyl adjacent to an activating group) is 1. The van der Waals surface area contributed by atoms with Gasteiger partial charge in [0.15, 0.2) is 15.7 Å². The zero-order valence-corrected chi connectivity index (χ0v) is 27.9. The van der Waals surface area contributed by atoms with E-state index in [-0.39, 0.29) is 24.1 Å². The molecule has 1 saturated heterocycles. The van der Waals surface area contributed by atoms with Crippen molar-refractivity contribution in [2.75, 3.05) is 56.7 Å². The standard InChI is InChI=1S/C35H38FN7O4S/c1-23-19-38-35(40-27-12-8-14-30(31(27)36)48(3,45)46)41-32(23)26-20-37-33-25(26)11-7-13-28(33)39-34(44)29(43-17-15-42(2)16-18-43)22-47-21-24-9-5-4-6-10-24/h4-14,19-20,29,37H,15-18,21-22H2,1-3H3,(H,39,44)(H,38,40,41)/t29-/m1/s1. The summed E-state index contributed by atoms with van der Waals surface area (Å²) in [6.07, 6.45) is 4.38. The van der Waals surface area contributed by atoms with Gasteiger partial charge >= 0.3 is 0 Å². The minimum absolute atomic E-state index is 0.0562. The van der Waals surface area contributed by atoms with Crippen molar-refractivity contribution in [3.63, 3.8) is 0 Å². The summed E-state index contributed by atoms with van der Waals surface area (Å²) >= 11 is 0. The van der Waals surface area contributed by atoms with Crippen LogP contribution < -0.4 is 10.6 Å². The zero-order chi connectivity index (χ0) is 33.8. The molecular formula is C35H38FN7O4S. The molecule has 5 aromatic rings. The molecule has 1 atom stereocenters. The number of aromatic amines is 1. The van der Waals surface area contributed by atoms with Gasteiger partial charge < -0.3 is 25.3 Å². The van der Waals surface area contributed by atoms with Gasteiger partial charge in [0.1, 0.15) is 10.9 Å². The largest absolute Gasteiger partial charge is 0.375 e. The SMILES string of the molecule is Cc1cnc(Nc2cccc(S(C)(=O)=O)c2F)nc1-c1c[nH]c2c(NC(=O)[C@@H](COCc3ccccc3)N3CCN(C)CC3)cccc12. The van der Waals surface area contributed by atoms with E-state index in [1.165, 1.54) is 18.2 Å². The number of aryl methyl sites for hydroxylation is 1. The van der Waals surface area contributed by atoms with Gasteiger partial charge in [-0.25, -0.2) is 22.8 Å². The van der Waals surface area contributed by atoms with E-state index < -0.39 is 26.6 Å². The Morgan fingerprint density at radius 1 is 1.02 bits per heavy atom. The number of amides is 1. The van der Waals surface area contributed by atoms with E-state index in [0.29, 0.717) is 18.0 Å². The molecule has 0 aliphatic carbocycles. The van der Waals surface area contributed by atoms with Crippen LogP contribution in [0.15, 0.2) is 84.0 Å².